The lowest BCUT2D eigenvalue weighted by atomic mass is 10.1. The number of aliphatic hydroxyl groups excluding tert-OH is 1. The maximum atomic E-state index is 12.1. The van der Waals surface area contributed by atoms with Gasteiger partial charge in [0, 0.05) is 17.7 Å². The second kappa shape index (κ2) is 7.49. The molecule has 0 aliphatic heterocycles. The SMILES string of the molecule is CC1CCC(CNC(=O)c2ccc(C#CCO)c(Cl)c2)C1. The summed E-state index contributed by atoms with van der Waals surface area (Å²) in [7, 11) is 0. The molecule has 1 aliphatic carbocycles. The third-order valence-electron chi connectivity index (χ3n) is 3.89. The van der Waals surface area contributed by atoms with Crippen LogP contribution in [-0.4, -0.2) is 24.2 Å². The van der Waals surface area contributed by atoms with Crippen molar-refractivity contribution in [2.24, 2.45) is 11.8 Å². The highest BCUT2D eigenvalue weighted by Gasteiger charge is 2.21. The van der Waals surface area contributed by atoms with Crippen molar-refractivity contribution in [1.29, 1.82) is 0 Å². The molecule has 3 nitrogen and oxygen atoms in total. The highest BCUT2D eigenvalue weighted by Crippen LogP contribution is 2.29. The maximum Gasteiger partial charge on any atom is 0.251 e. The first-order valence-corrected chi connectivity index (χ1v) is 7.65. The van der Waals surface area contributed by atoms with E-state index in [0.717, 1.165) is 12.5 Å². The van der Waals surface area contributed by atoms with E-state index in [4.69, 9.17) is 16.7 Å². The number of rotatable bonds is 3. The van der Waals surface area contributed by atoms with Crippen molar-refractivity contribution in [2.45, 2.75) is 26.2 Å². The van der Waals surface area contributed by atoms with E-state index < -0.39 is 0 Å². The van der Waals surface area contributed by atoms with Gasteiger partial charge in [-0.25, -0.2) is 0 Å². The smallest absolute Gasteiger partial charge is 0.251 e. The van der Waals surface area contributed by atoms with Gasteiger partial charge in [-0.2, -0.15) is 0 Å². The molecule has 0 radical (unpaired) electrons. The average Bonchev–Trinajstić information content (AvgIpc) is 2.89. The number of carbonyl (C=O) groups excluding carboxylic acids is 1. The summed E-state index contributed by atoms with van der Waals surface area (Å²) in [4.78, 5) is 12.1. The number of carbonyl (C=O) groups is 1. The van der Waals surface area contributed by atoms with Crippen molar-refractivity contribution in [2.75, 3.05) is 13.2 Å². The van der Waals surface area contributed by atoms with Crippen LogP contribution in [0.1, 0.15) is 42.1 Å². The van der Waals surface area contributed by atoms with Crippen LogP contribution in [-0.2, 0) is 0 Å². The predicted molar refractivity (Wildman–Crippen MR) is 84.3 cm³/mol. The Hall–Kier alpha value is -1.50. The van der Waals surface area contributed by atoms with Crippen molar-refractivity contribution in [3.05, 3.63) is 34.3 Å². The molecule has 0 aromatic heterocycles. The number of nitrogens with one attached hydrogen (secondary N) is 1. The summed E-state index contributed by atoms with van der Waals surface area (Å²) in [5.74, 6) is 6.55. The van der Waals surface area contributed by atoms with Gasteiger partial charge in [0.15, 0.2) is 0 Å². The van der Waals surface area contributed by atoms with Crippen LogP contribution >= 0.6 is 11.6 Å². The van der Waals surface area contributed by atoms with E-state index in [2.05, 4.69) is 24.1 Å². The van der Waals surface area contributed by atoms with Gasteiger partial charge in [0.2, 0.25) is 0 Å². The molecular weight excluding hydrogens is 286 g/mol. The molecule has 1 saturated carbocycles. The van der Waals surface area contributed by atoms with E-state index in [1.54, 1.807) is 18.2 Å². The zero-order valence-corrected chi connectivity index (χ0v) is 12.9. The van der Waals surface area contributed by atoms with Gasteiger partial charge in [-0.15, -0.1) is 0 Å². The van der Waals surface area contributed by atoms with E-state index in [9.17, 15) is 4.79 Å². The minimum atomic E-state index is -0.210. The number of aliphatic hydroxyl groups is 1. The van der Waals surface area contributed by atoms with E-state index in [1.165, 1.54) is 19.3 Å². The first-order chi connectivity index (χ1) is 10.1. The number of halogens is 1. The zero-order valence-electron chi connectivity index (χ0n) is 12.2. The summed E-state index contributed by atoms with van der Waals surface area (Å²) in [6.45, 7) is 2.78. The molecule has 1 fully saturated rings. The minimum absolute atomic E-state index is 0.0990. The van der Waals surface area contributed by atoms with Crippen LogP contribution in [0.3, 0.4) is 0 Å². The second-order valence-corrected chi connectivity index (χ2v) is 6.06. The maximum absolute atomic E-state index is 12.1. The summed E-state index contributed by atoms with van der Waals surface area (Å²) in [6, 6.07) is 5.03. The molecule has 1 aliphatic rings. The molecule has 112 valence electrons. The Balaban J connectivity index is 1.94. The first kappa shape index (κ1) is 15.9. The molecular formula is C17H20ClNO2. The molecule has 2 rings (SSSR count). The van der Waals surface area contributed by atoms with Gasteiger partial charge < -0.3 is 10.4 Å². The van der Waals surface area contributed by atoms with Crippen LogP contribution in [0.2, 0.25) is 5.02 Å². The lowest BCUT2D eigenvalue weighted by molar-refractivity contribution is 0.0947. The standard InChI is InChI=1S/C17H20ClNO2/c1-12-4-5-13(9-12)11-19-17(21)15-7-6-14(3-2-8-20)16(18)10-15/h6-7,10,12-13,20H,4-5,8-9,11H2,1H3,(H,19,21). The van der Waals surface area contributed by atoms with Crippen molar-refractivity contribution in [3.8, 4) is 11.8 Å². The largest absolute Gasteiger partial charge is 0.384 e. The molecule has 1 aromatic rings. The summed E-state index contributed by atoms with van der Waals surface area (Å²) in [5, 5.41) is 12.1. The highest BCUT2D eigenvalue weighted by atomic mass is 35.5. The Labute approximate surface area is 130 Å². The van der Waals surface area contributed by atoms with Gasteiger partial charge in [0.1, 0.15) is 6.61 Å². The summed E-state index contributed by atoms with van der Waals surface area (Å²) >= 11 is 6.09. The molecule has 2 atom stereocenters. The van der Waals surface area contributed by atoms with Gasteiger partial charge in [0.25, 0.3) is 5.91 Å². The lowest BCUT2D eigenvalue weighted by Gasteiger charge is -2.11. The Bertz CT molecular complexity index is 574. The number of amides is 1. The van der Waals surface area contributed by atoms with Crippen LogP contribution in [0.15, 0.2) is 18.2 Å². The third kappa shape index (κ3) is 4.49. The molecule has 0 saturated heterocycles. The van der Waals surface area contributed by atoms with Gasteiger partial charge in [-0.05, 0) is 42.9 Å². The van der Waals surface area contributed by atoms with E-state index in [0.29, 0.717) is 22.1 Å². The number of hydrogen-bond donors (Lipinski definition) is 2. The van der Waals surface area contributed by atoms with Crippen molar-refractivity contribution < 1.29 is 9.90 Å². The monoisotopic (exact) mass is 305 g/mol. The molecule has 0 bridgehead atoms. The summed E-state index contributed by atoms with van der Waals surface area (Å²) in [5.41, 5.74) is 1.16. The molecule has 1 aromatic carbocycles. The number of hydrogen-bond acceptors (Lipinski definition) is 2. The molecule has 0 spiro atoms. The van der Waals surface area contributed by atoms with Gasteiger partial charge >= 0.3 is 0 Å². The van der Waals surface area contributed by atoms with Crippen LogP contribution in [0.5, 0.6) is 0 Å². The molecule has 21 heavy (non-hydrogen) atoms. The Morgan fingerprint density at radius 2 is 2.29 bits per heavy atom. The second-order valence-electron chi connectivity index (χ2n) is 5.65. The van der Waals surface area contributed by atoms with Crippen LogP contribution < -0.4 is 5.32 Å². The van der Waals surface area contributed by atoms with Crippen molar-refractivity contribution >= 4 is 17.5 Å². The fourth-order valence-corrected chi connectivity index (χ4v) is 2.97. The van der Waals surface area contributed by atoms with Gasteiger partial charge in [0.05, 0.1) is 5.02 Å². The summed E-state index contributed by atoms with van der Waals surface area (Å²) < 4.78 is 0. The Morgan fingerprint density at radius 1 is 1.48 bits per heavy atom. The third-order valence-corrected chi connectivity index (χ3v) is 4.20. The minimum Gasteiger partial charge on any atom is -0.384 e. The Morgan fingerprint density at radius 3 is 2.90 bits per heavy atom. The number of benzene rings is 1. The van der Waals surface area contributed by atoms with E-state index in [-0.39, 0.29) is 12.5 Å². The molecule has 0 heterocycles. The fraction of sp³-hybridized carbons (Fsp3) is 0.471. The van der Waals surface area contributed by atoms with Crippen molar-refractivity contribution in [3.63, 3.8) is 0 Å². The highest BCUT2D eigenvalue weighted by molar-refractivity contribution is 6.32. The van der Waals surface area contributed by atoms with Crippen LogP contribution in [0, 0.1) is 23.7 Å². The molecule has 2 N–H and O–H groups in total. The van der Waals surface area contributed by atoms with Crippen LogP contribution in [0.25, 0.3) is 0 Å². The molecule has 2 unspecified atom stereocenters. The quantitative estimate of drug-likeness (QED) is 0.844. The first-order valence-electron chi connectivity index (χ1n) is 7.27. The van der Waals surface area contributed by atoms with Crippen molar-refractivity contribution in [1.82, 2.24) is 5.32 Å². The van der Waals surface area contributed by atoms with E-state index >= 15 is 0 Å². The topological polar surface area (TPSA) is 49.3 Å². The summed E-state index contributed by atoms with van der Waals surface area (Å²) in [6.07, 6.45) is 3.64. The lowest BCUT2D eigenvalue weighted by Crippen LogP contribution is -2.28. The molecule has 1 amide bonds. The van der Waals surface area contributed by atoms with Crippen LogP contribution in [0.4, 0.5) is 0 Å². The van der Waals surface area contributed by atoms with E-state index in [1.807, 2.05) is 0 Å². The molecule has 4 heteroatoms. The van der Waals surface area contributed by atoms with Gasteiger partial charge in [-0.3, -0.25) is 4.79 Å². The van der Waals surface area contributed by atoms with Gasteiger partial charge in [-0.1, -0.05) is 36.8 Å². The fourth-order valence-electron chi connectivity index (χ4n) is 2.74. The normalized spacial score (nSPS) is 20.7. The zero-order chi connectivity index (χ0) is 15.2. The average molecular weight is 306 g/mol. The Kier molecular flexibility index (Phi) is 5.67. The predicted octanol–water partition coefficient (Wildman–Crippen LogP) is 2.85.